The van der Waals surface area contributed by atoms with Crippen LogP contribution >= 0.6 is 0 Å². The molecule has 1 heterocycles. The second-order valence-electron chi connectivity index (χ2n) is 6.36. The van der Waals surface area contributed by atoms with Gasteiger partial charge in [0.05, 0.1) is 17.2 Å². The Morgan fingerprint density at radius 3 is 2.86 bits per heavy atom. The van der Waals surface area contributed by atoms with Crippen LogP contribution in [0.15, 0.2) is 24.3 Å². The minimum atomic E-state index is -1.21. The highest BCUT2D eigenvalue weighted by atomic mass is 19.1. The number of aliphatic hydroxyl groups is 1. The number of carbonyl (C=O) groups is 1. The van der Waals surface area contributed by atoms with Gasteiger partial charge in [-0.15, -0.1) is 0 Å². The van der Waals surface area contributed by atoms with Gasteiger partial charge in [-0.2, -0.15) is 5.10 Å². The van der Waals surface area contributed by atoms with Crippen molar-refractivity contribution in [1.29, 1.82) is 0 Å². The average molecular weight is 302 g/mol. The van der Waals surface area contributed by atoms with Crippen molar-refractivity contribution >= 4 is 5.78 Å². The molecule has 1 aliphatic rings. The molecule has 22 heavy (non-hydrogen) atoms. The molecule has 3 atom stereocenters. The second kappa shape index (κ2) is 5.02. The van der Waals surface area contributed by atoms with Crippen molar-refractivity contribution in [2.75, 3.05) is 0 Å². The molecule has 116 valence electrons. The predicted octanol–water partition coefficient (Wildman–Crippen LogP) is 2.50. The highest BCUT2D eigenvalue weighted by Crippen LogP contribution is 2.46. The van der Waals surface area contributed by atoms with E-state index in [1.165, 1.54) is 19.1 Å². The molecule has 2 N–H and O–H groups in total. The molecule has 3 rings (SSSR count). The number of nitrogens with one attached hydrogen (secondary N) is 1. The molecule has 0 bridgehead atoms. The maximum Gasteiger partial charge on any atom is 0.136 e. The molecule has 0 aliphatic heterocycles. The number of ketones is 1. The monoisotopic (exact) mass is 302 g/mol. The Labute approximate surface area is 128 Å². The minimum Gasteiger partial charge on any atom is -0.389 e. The van der Waals surface area contributed by atoms with Crippen molar-refractivity contribution < 1.29 is 14.3 Å². The van der Waals surface area contributed by atoms with Gasteiger partial charge in [-0.25, -0.2) is 4.39 Å². The largest absolute Gasteiger partial charge is 0.389 e. The van der Waals surface area contributed by atoms with Crippen LogP contribution in [0, 0.1) is 18.7 Å². The van der Waals surface area contributed by atoms with E-state index in [-0.39, 0.29) is 11.6 Å². The number of aromatic amines is 1. The zero-order chi connectivity index (χ0) is 16.1. The number of nitrogens with zero attached hydrogens (tertiary/aromatic N) is 1. The van der Waals surface area contributed by atoms with Gasteiger partial charge < -0.3 is 5.11 Å². The van der Waals surface area contributed by atoms with Gasteiger partial charge in [-0.1, -0.05) is 12.1 Å². The lowest BCUT2D eigenvalue weighted by Gasteiger charge is -2.41. The number of aromatic nitrogens is 2. The van der Waals surface area contributed by atoms with Crippen molar-refractivity contribution in [3.8, 4) is 0 Å². The maximum absolute atomic E-state index is 13.7. The van der Waals surface area contributed by atoms with E-state index < -0.39 is 17.4 Å². The topological polar surface area (TPSA) is 66.0 Å². The Morgan fingerprint density at radius 1 is 1.50 bits per heavy atom. The van der Waals surface area contributed by atoms with Crippen LogP contribution in [0.25, 0.3) is 0 Å². The lowest BCUT2D eigenvalue weighted by atomic mass is 9.64. The average Bonchev–Trinajstić information content (AvgIpc) is 2.76. The zero-order valence-corrected chi connectivity index (χ0v) is 12.9. The third kappa shape index (κ3) is 2.25. The Bertz CT molecular complexity index is 736. The van der Waals surface area contributed by atoms with Gasteiger partial charge in [-0.3, -0.25) is 9.89 Å². The second-order valence-corrected chi connectivity index (χ2v) is 6.36. The van der Waals surface area contributed by atoms with Gasteiger partial charge in [0.1, 0.15) is 11.6 Å². The summed E-state index contributed by atoms with van der Waals surface area (Å²) in [4.78, 5) is 12.2. The van der Waals surface area contributed by atoms with Crippen LogP contribution in [0.4, 0.5) is 4.39 Å². The van der Waals surface area contributed by atoms with Gasteiger partial charge in [0.2, 0.25) is 0 Å². The van der Waals surface area contributed by atoms with Crippen molar-refractivity contribution in [2.45, 2.75) is 38.7 Å². The normalized spacial score (nSPS) is 27.5. The molecule has 1 aliphatic carbocycles. The van der Waals surface area contributed by atoms with Gasteiger partial charge >= 0.3 is 0 Å². The number of rotatable bonds is 2. The fourth-order valence-electron chi connectivity index (χ4n) is 3.74. The van der Waals surface area contributed by atoms with E-state index in [0.29, 0.717) is 12.0 Å². The third-order valence-corrected chi connectivity index (χ3v) is 4.56. The first-order valence-corrected chi connectivity index (χ1v) is 7.33. The molecule has 0 radical (unpaired) electrons. The molecule has 0 amide bonds. The summed E-state index contributed by atoms with van der Waals surface area (Å²) in [6.45, 7) is 5.01. The number of H-pyrrole nitrogens is 1. The first kappa shape index (κ1) is 14.9. The fraction of sp³-hybridized carbons (Fsp3) is 0.412. The molecule has 1 aromatic heterocycles. The highest BCUT2D eigenvalue weighted by Gasteiger charge is 2.48. The van der Waals surface area contributed by atoms with Crippen molar-refractivity contribution in [3.63, 3.8) is 0 Å². The molecule has 1 aromatic carbocycles. The molecule has 0 spiro atoms. The van der Waals surface area contributed by atoms with E-state index in [9.17, 15) is 14.3 Å². The molecule has 2 aromatic rings. The van der Waals surface area contributed by atoms with Crippen LogP contribution in [-0.4, -0.2) is 26.7 Å². The van der Waals surface area contributed by atoms with Crippen molar-refractivity contribution in [3.05, 3.63) is 52.6 Å². The van der Waals surface area contributed by atoms with Crippen LogP contribution in [0.1, 0.15) is 42.3 Å². The molecular weight excluding hydrogens is 283 g/mol. The Balaban J connectivity index is 2.25. The van der Waals surface area contributed by atoms with E-state index in [0.717, 1.165) is 17.0 Å². The number of carbonyl (C=O) groups excluding carboxylic acids is 1. The van der Waals surface area contributed by atoms with E-state index in [1.807, 2.05) is 6.92 Å². The molecule has 5 heteroatoms. The van der Waals surface area contributed by atoms with Gasteiger partial charge in [0.25, 0.3) is 0 Å². The summed E-state index contributed by atoms with van der Waals surface area (Å²) in [6, 6.07) is 6.22. The summed E-state index contributed by atoms with van der Waals surface area (Å²) in [5.41, 5.74) is 1.97. The minimum absolute atomic E-state index is 0.106. The van der Waals surface area contributed by atoms with Gasteiger partial charge in [0, 0.05) is 23.6 Å². The summed E-state index contributed by atoms with van der Waals surface area (Å²) in [5, 5.41) is 18.0. The van der Waals surface area contributed by atoms with Gasteiger partial charge in [0.15, 0.2) is 0 Å². The Morgan fingerprint density at radius 2 is 2.23 bits per heavy atom. The molecular formula is C17H19FN2O2. The van der Waals surface area contributed by atoms with E-state index in [2.05, 4.69) is 10.2 Å². The number of Topliss-reactive ketones (excluding diaryl/α,β-unsaturated/α-hetero) is 1. The van der Waals surface area contributed by atoms with E-state index in [4.69, 9.17) is 0 Å². The number of hydrogen-bond acceptors (Lipinski definition) is 3. The van der Waals surface area contributed by atoms with Crippen molar-refractivity contribution in [2.24, 2.45) is 5.92 Å². The molecule has 0 unspecified atom stereocenters. The summed E-state index contributed by atoms with van der Waals surface area (Å²) < 4.78 is 13.7. The lowest BCUT2D eigenvalue weighted by Crippen LogP contribution is -2.48. The first-order chi connectivity index (χ1) is 10.3. The summed E-state index contributed by atoms with van der Waals surface area (Å²) in [5.74, 6) is -1.48. The number of fused-ring (bicyclic) bond motifs is 1. The van der Waals surface area contributed by atoms with Crippen LogP contribution < -0.4 is 0 Å². The number of hydrogen-bond donors (Lipinski definition) is 2. The Hall–Kier alpha value is -2.01. The summed E-state index contributed by atoms with van der Waals surface area (Å²) in [6.07, 6.45) is 0.308. The SMILES string of the molecule is CC(=O)[C@@H]1[C@H](c2cccc(F)c2)c2c(n[nH]c2C)C[C@]1(C)O. The highest BCUT2D eigenvalue weighted by molar-refractivity contribution is 5.82. The smallest absolute Gasteiger partial charge is 0.136 e. The quantitative estimate of drug-likeness (QED) is 0.896. The Kier molecular flexibility index (Phi) is 3.40. The molecule has 4 nitrogen and oxygen atoms in total. The summed E-state index contributed by atoms with van der Waals surface area (Å²) >= 11 is 0. The maximum atomic E-state index is 13.7. The molecule has 0 saturated heterocycles. The lowest BCUT2D eigenvalue weighted by molar-refractivity contribution is -0.130. The van der Waals surface area contributed by atoms with Crippen LogP contribution in [0.3, 0.4) is 0 Å². The summed E-state index contributed by atoms with van der Waals surface area (Å²) in [7, 11) is 0. The molecule has 0 fully saturated rings. The fourth-order valence-corrected chi connectivity index (χ4v) is 3.74. The zero-order valence-electron chi connectivity index (χ0n) is 12.9. The standard InChI is InChI=1S/C17H19FN2O2/c1-9-14-13(20-19-9)8-17(3,22)16(10(2)21)15(14)11-5-4-6-12(18)7-11/h4-7,15-16,22H,8H2,1-3H3,(H,19,20)/t15-,16-,17+/m1/s1. The number of halogens is 1. The van der Waals surface area contributed by atoms with Crippen LogP contribution in [0.5, 0.6) is 0 Å². The first-order valence-electron chi connectivity index (χ1n) is 7.33. The van der Waals surface area contributed by atoms with E-state index in [1.54, 1.807) is 19.1 Å². The third-order valence-electron chi connectivity index (χ3n) is 4.56. The molecule has 0 saturated carbocycles. The van der Waals surface area contributed by atoms with Crippen LogP contribution in [0.2, 0.25) is 0 Å². The van der Waals surface area contributed by atoms with Gasteiger partial charge in [-0.05, 0) is 38.5 Å². The number of aryl methyl sites for hydroxylation is 1. The van der Waals surface area contributed by atoms with E-state index >= 15 is 0 Å². The van der Waals surface area contributed by atoms with Crippen molar-refractivity contribution in [1.82, 2.24) is 10.2 Å². The van der Waals surface area contributed by atoms with Crippen LogP contribution in [-0.2, 0) is 11.2 Å². The predicted molar refractivity (Wildman–Crippen MR) is 80.1 cm³/mol. The number of benzene rings is 1.